The van der Waals surface area contributed by atoms with Gasteiger partial charge in [0, 0.05) is 18.9 Å². The lowest BCUT2D eigenvalue weighted by Gasteiger charge is -1.98. The molecular formula is C14H15NO3. The molecule has 4 nitrogen and oxygen atoms in total. The van der Waals surface area contributed by atoms with E-state index in [0.29, 0.717) is 13.0 Å². The number of carbonyl (C=O) groups excluding carboxylic acids is 1. The fourth-order valence-electron chi connectivity index (χ4n) is 1.32. The van der Waals surface area contributed by atoms with Crippen LogP contribution in [0.5, 0.6) is 0 Å². The van der Waals surface area contributed by atoms with Gasteiger partial charge in [-0.15, -0.1) is 0 Å². The van der Waals surface area contributed by atoms with Crippen LogP contribution in [-0.2, 0) is 16.0 Å². The summed E-state index contributed by atoms with van der Waals surface area (Å²) in [5.74, 6) is 4.84. The lowest BCUT2D eigenvalue weighted by atomic mass is 10.1. The van der Waals surface area contributed by atoms with Crippen LogP contribution in [0.15, 0.2) is 24.3 Å². The summed E-state index contributed by atoms with van der Waals surface area (Å²) < 4.78 is 0. The standard InChI is InChI=1S/C14H15NO3/c1-11(16)15-10-2-3-12-4-6-13(7-5-12)8-9-14(17)18/h4-7H,8-10H2,1H3,(H,15,16)(H,17,18). The molecule has 0 aliphatic carbocycles. The zero-order valence-electron chi connectivity index (χ0n) is 10.2. The number of aryl methyl sites for hydroxylation is 1. The fourth-order valence-corrected chi connectivity index (χ4v) is 1.32. The van der Waals surface area contributed by atoms with E-state index in [9.17, 15) is 9.59 Å². The molecule has 1 aromatic rings. The number of rotatable bonds is 4. The molecule has 0 heterocycles. The molecule has 0 fully saturated rings. The molecule has 0 aliphatic rings. The van der Waals surface area contributed by atoms with E-state index in [1.54, 1.807) is 0 Å². The molecular weight excluding hydrogens is 230 g/mol. The Bertz CT molecular complexity index is 480. The van der Waals surface area contributed by atoms with Crippen LogP contribution in [0.1, 0.15) is 24.5 Å². The highest BCUT2D eigenvalue weighted by Crippen LogP contribution is 2.05. The third-order valence-electron chi connectivity index (χ3n) is 2.24. The monoisotopic (exact) mass is 245 g/mol. The predicted molar refractivity (Wildman–Crippen MR) is 68.0 cm³/mol. The van der Waals surface area contributed by atoms with Crippen molar-refractivity contribution in [2.24, 2.45) is 0 Å². The van der Waals surface area contributed by atoms with E-state index in [2.05, 4.69) is 17.2 Å². The van der Waals surface area contributed by atoms with E-state index in [1.165, 1.54) is 6.92 Å². The van der Waals surface area contributed by atoms with Gasteiger partial charge >= 0.3 is 5.97 Å². The molecule has 1 aromatic carbocycles. The van der Waals surface area contributed by atoms with E-state index in [1.807, 2.05) is 24.3 Å². The lowest BCUT2D eigenvalue weighted by Crippen LogP contribution is -2.19. The third-order valence-corrected chi connectivity index (χ3v) is 2.24. The largest absolute Gasteiger partial charge is 0.481 e. The molecule has 0 atom stereocenters. The van der Waals surface area contributed by atoms with Crippen LogP contribution in [0.2, 0.25) is 0 Å². The van der Waals surface area contributed by atoms with Gasteiger partial charge in [-0.2, -0.15) is 0 Å². The number of aliphatic carboxylic acids is 1. The van der Waals surface area contributed by atoms with E-state index in [4.69, 9.17) is 5.11 Å². The summed E-state index contributed by atoms with van der Waals surface area (Å²) in [7, 11) is 0. The molecule has 4 heteroatoms. The average Bonchev–Trinajstić information content (AvgIpc) is 2.33. The van der Waals surface area contributed by atoms with E-state index < -0.39 is 5.97 Å². The first-order valence-electron chi connectivity index (χ1n) is 5.62. The summed E-state index contributed by atoms with van der Waals surface area (Å²) in [6.07, 6.45) is 0.655. The SMILES string of the molecule is CC(=O)NCC#Cc1ccc(CCC(=O)O)cc1. The first-order valence-corrected chi connectivity index (χ1v) is 5.62. The highest BCUT2D eigenvalue weighted by Gasteiger charge is 1.98. The summed E-state index contributed by atoms with van der Waals surface area (Å²) in [5, 5.41) is 11.1. The van der Waals surface area contributed by atoms with Gasteiger partial charge in [0.2, 0.25) is 5.91 Å². The van der Waals surface area contributed by atoms with Crippen LogP contribution < -0.4 is 5.32 Å². The fraction of sp³-hybridized carbons (Fsp3) is 0.286. The summed E-state index contributed by atoms with van der Waals surface area (Å²) in [6, 6.07) is 7.42. The molecule has 1 amide bonds. The molecule has 0 spiro atoms. The van der Waals surface area contributed by atoms with Gasteiger partial charge < -0.3 is 10.4 Å². The highest BCUT2D eigenvalue weighted by atomic mass is 16.4. The number of hydrogen-bond acceptors (Lipinski definition) is 2. The minimum absolute atomic E-state index is 0.103. The maximum Gasteiger partial charge on any atom is 0.303 e. The molecule has 0 unspecified atom stereocenters. The van der Waals surface area contributed by atoms with Crippen molar-refractivity contribution < 1.29 is 14.7 Å². The van der Waals surface area contributed by atoms with Crippen molar-refractivity contribution in [1.29, 1.82) is 0 Å². The molecule has 0 saturated heterocycles. The van der Waals surface area contributed by atoms with Crippen LogP contribution in [0.4, 0.5) is 0 Å². The number of hydrogen-bond donors (Lipinski definition) is 2. The zero-order chi connectivity index (χ0) is 13.4. The Morgan fingerprint density at radius 2 is 1.94 bits per heavy atom. The van der Waals surface area contributed by atoms with Crippen molar-refractivity contribution in [1.82, 2.24) is 5.32 Å². The molecule has 0 saturated carbocycles. The number of carboxylic acids is 1. The minimum atomic E-state index is -0.797. The second-order valence-electron chi connectivity index (χ2n) is 3.80. The Morgan fingerprint density at radius 1 is 1.28 bits per heavy atom. The van der Waals surface area contributed by atoms with Gasteiger partial charge in [0.15, 0.2) is 0 Å². The van der Waals surface area contributed by atoms with Crippen LogP contribution in [-0.4, -0.2) is 23.5 Å². The van der Waals surface area contributed by atoms with Gasteiger partial charge in [0.25, 0.3) is 0 Å². The maximum absolute atomic E-state index is 10.6. The molecule has 1 rings (SSSR count). The number of carboxylic acid groups (broad SMARTS) is 1. The highest BCUT2D eigenvalue weighted by molar-refractivity contribution is 5.73. The Labute approximate surface area is 106 Å². The topological polar surface area (TPSA) is 66.4 Å². The Balaban J connectivity index is 2.49. The van der Waals surface area contributed by atoms with E-state index in [-0.39, 0.29) is 12.3 Å². The quantitative estimate of drug-likeness (QED) is 0.783. The van der Waals surface area contributed by atoms with Gasteiger partial charge in [-0.25, -0.2) is 0 Å². The van der Waals surface area contributed by atoms with Crippen molar-refractivity contribution in [2.75, 3.05) is 6.54 Å². The molecule has 94 valence electrons. The predicted octanol–water partition coefficient (Wildman–Crippen LogP) is 1.19. The smallest absolute Gasteiger partial charge is 0.303 e. The van der Waals surface area contributed by atoms with Gasteiger partial charge in [-0.1, -0.05) is 24.0 Å². The molecule has 0 radical (unpaired) electrons. The van der Waals surface area contributed by atoms with Crippen molar-refractivity contribution in [3.8, 4) is 11.8 Å². The van der Waals surface area contributed by atoms with Crippen molar-refractivity contribution in [3.63, 3.8) is 0 Å². The maximum atomic E-state index is 10.6. The second kappa shape index (κ2) is 7.13. The number of benzene rings is 1. The normalized spacial score (nSPS) is 9.17. The summed E-state index contributed by atoms with van der Waals surface area (Å²) in [5.41, 5.74) is 1.82. The number of amides is 1. The molecule has 0 aromatic heterocycles. The minimum Gasteiger partial charge on any atom is -0.481 e. The van der Waals surface area contributed by atoms with Crippen LogP contribution in [0.3, 0.4) is 0 Å². The Kier molecular flexibility index (Phi) is 5.46. The Hall–Kier alpha value is -2.28. The summed E-state index contributed by atoms with van der Waals surface area (Å²) in [4.78, 5) is 21.0. The molecule has 2 N–H and O–H groups in total. The van der Waals surface area contributed by atoms with Gasteiger partial charge in [-0.3, -0.25) is 9.59 Å². The lowest BCUT2D eigenvalue weighted by molar-refractivity contribution is -0.137. The first-order chi connectivity index (χ1) is 8.58. The second-order valence-corrected chi connectivity index (χ2v) is 3.80. The van der Waals surface area contributed by atoms with Crippen molar-refractivity contribution >= 4 is 11.9 Å². The van der Waals surface area contributed by atoms with Gasteiger partial charge in [0.05, 0.1) is 6.54 Å². The zero-order valence-corrected chi connectivity index (χ0v) is 10.2. The van der Waals surface area contributed by atoms with E-state index in [0.717, 1.165) is 11.1 Å². The van der Waals surface area contributed by atoms with Crippen LogP contribution in [0.25, 0.3) is 0 Å². The van der Waals surface area contributed by atoms with Crippen LogP contribution >= 0.6 is 0 Å². The first kappa shape index (κ1) is 13.8. The van der Waals surface area contributed by atoms with Crippen molar-refractivity contribution in [3.05, 3.63) is 35.4 Å². The third kappa shape index (κ3) is 5.71. The van der Waals surface area contributed by atoms with Crippen LogP contribution in [0, 0.1) is 11.8 Å². The van der Waals surface area contributed by atoms with E-state index >= 15 is 0 Å². The van der Waals surface area contributed by atoms with Gasteiger partial charge in [-0.05, 0) is 24.1 Å². The number of carbonyl (C=O) groups is 2. The molecule has 0 bridgehead atoms. The summed E-state index contributed by atoms with van der Waals surface area (Å²) in [6.45, 7) is 1.77. The van der Waals surface area contributed by atoms with Crippen molar-refractivity contribution in [2.45, 2.75) is 19.8 Å². The average molecular weight is 245 g/mol. The Morgan fingerprint density at radius 3 is 2.50 bits per heavy atom. The molecule has 18 heavy (non-hydrogen) atoms. The molecule has 0 aliphatic heterocycles. The number of nitrogens with one attached hydrogen (secondary N) is 1. The summed E-state index contributed by atoms with van der Waals surface area (Å²) >= 11 is 0. The van der Waals surface area contributed by atoms with Gasteiger partial charge in [0.1, 0.15) is 0 Å².